The van der Waals surface area contributed by atoms with Gasteiger partial charge < -0.3 is 9.64 Å². The summed E-state index contributed by atoms with van der Waals surface area (Å²) < 4.78 is 20.5. The number of ether oxygens (including phenoxy) is 1. The Bertz CT molecular complexity index is 901. The van der Waals surface area contributed by atoms with Crippen LogP contribution in [0.4, 0.5) is 10.3 Å². The van der Waals surface area contributed by atoms with Crippen LogP contribution in [-0.4, -0.2) is 29.7 Å². The third-order valence-electron chi connectivity index (χ3n) is 5.76. The summed E-state index contributed by atoms with van der Waals surface area (Å²) in [5.41, 5.74) is 2.72. The molecule has 2 aliphatic rings. The second kappa shape index (κ2) is 9.21. The summed E-state index contributed by atoms with van der Waals surface area (Å²) in [6.07, 6.45) is 10.7. The minimum atomic E-state index is -0.179. The van der Waals surface area contributed by atoms with E-state index in [0.717, 1.165) is 68.2 Å². The monoisotopic (exact) mass is 393 g/mol. The fraction of sp³-hybridized carbons (Fsp3) is 0.417. The molecule has 4 nitrogen and oxygen atoms in total. The number of rotatable bonds is 6. The van der Waals surface area contributed by atoms with Gasteiger partial charge in [-0.3, -0.25) is 0 Å². The van der Waals surface area contributed by atoms with Gasteiger partial charge in [-0.2, -0.15) is 0 Å². The van der Waals surface area contributed by atoms with Crippen molar-refractivity contribution >= 4 is 11.5 Å². The molecule has 0 radical (unpaired) electrons. The molecule has 0 spiro atoms. The van der Waals surface area contributed by atoms with Crippen molar-refractivity contribution in [3.8, 4) is 0 Å². The van der Waals surface area contributed by atoms with Crippen molar-refractivity contribution < 1.29 is 9.13 Å². The zero-order valence-corrected chi connectivity index (χ0v) is 17.0. The van der Waals surface area contributed by atoms with E-state index in [9.17, 15) is 4.39 Å². The summed E-state index contributed by atoms with van der Waals surface area (Å²) >= 11 is 0. The van der Waals surface area contributed by atoms with E-state index < -0.39 is 0 Å². The first-order valence-corrected chi connectivity index (χ1v) is 10.6. The van der Waals surface area contributed by atoms with Crippen LogP contribution >= 0.6 is 0 Å². The van der Waals surface area contributed by atoms with Crippen LogP contribution in [0.2, 0.25) is 0 Å². The fourth-order valence-corrected chi connectivity index (χ4v) is 3.99. The van der Waals surface area contributed by atoms with Gasteiger partial charge in [-0.05, 0) is 56.2 Å². The summed E-state index contributed by atoms with van der Waals surface area (Å²) in [5.74, 6) is 1.97. The number of hydrogen-bond acceptors (Lipinski definition) is 4. The quantitative estimate of drug-likeness (QED) is 0.678. The number of allylic oxidation sites excluding steroid dienone is 3. The molecule has 2 heterocycles. The van der Waals surface area contributed by atoms with Crippen LogP contribution in [0.25, 0.3) is 5.57 Å². The second-order valence-electron chi connectivity index (χ2n) is 7.71. The Morgan fingerprint density at radius 2 is 2.00 bits per heavy atom. The van der Waals surface area contributed by atoms with E-state index in [4.69, 9.17) is 4.74 Å². The minimum absolute atomic E-state index is 0.179. The van der Waals surface area contributed by atoms with Crippen molar-refractivity contribution in [2.45, 2.75) is 39.0 Å². The molecular weight excluding hydrogens is 365 g/mol. The first kappa shape index (κ1) is 19.6. The lowest BCUT2D eigenvalue weighted by atomic mass is 9.95. The van der Waals surface area contributed by atoms with E-state index in [0.29, 0.717) is 18.1 Å². The average Bonchev–Trinajstić information content (AvgIpc) is 2.79. The van der Waals surface area contributed by atoms with Crippen molar-refractivity contribution in [1.82, 2.24) is 9.97 Å². The molecule has 2 aromatic rings. The molecule has 1 aliphatic carbocycles. The minimum Gasteiger partial charge on any atom is -0.493 e. The molecule has 0 saturated carbocycles. The van der Waals surface area contributed by atoms with Crippen LogP contribution in [0, 0.1) is 11.7 Å². The van der Waals surface area contributed by atoms with Gasteiger partial charge >= 0.3 is 0 Å². The van der Waals surface area contributed by atoms with Crippen LogP contribution in [0.5, 0.6) is 0 Å². The topological polar surface area (TPSA) is 38.2 Å². The van der Waals surface area contributed by atoms with Crippen molar-refractivity contribution in [3.63, 3.8) is 0 Å². The van der Waals surface area contributed by atoms with E-state index >= 15 is 0 Å². The molecule has 152 valence electrons. The Morgan fingerprint density at radius 3 is 2.79 bits per heavy atom. The summed E-state index contributed by atoms with van der Waals surface area (Å²) in [6.45, 7) is 4.66. The maximum Gasteiger partial charge on any atom is 0.225 e. The number of halogens is 1. The van der Waals surface area contributed by atoms with Crippen molar-refractivity contribution in [2.75, 3.05) is 24.6 Å². The molecule has 5 heteroatoms. The first-order valence-electron chi connectivity index (χ1n) is 10.6. The van der Waals surface area contributed by atoms with E-state index in [1.807, 2.05) is 30.5 Å². The van der Waals surface area contributed by atoms with Gasteiger partial charge in [0.05, 0.1) is 6.61 Å². The number of hydrogen-bond donors (Lipinski definition) is 0. The van der Waals surface area contributed by atoms with Crippen LogP contribution in [0.3, 0.4) is 0 Å². The fourth-order valence-electron chi connectivity index (χ4n) is 3.99. The molecule has 4 rings (SSSR count). The largest absolute Gasteiger partial charge is 0.493 e. The highest BCUT2D eigenvalue weighted by molar-refractivity contribution is 5.71. The molecular formula is C24H28FN3O. The Kier molecular flexibility index (Phi) is 6.23. The van der Waals surface area contributed by atoms with Gasteiger partial charge in [0, 0.05) is 36.1 Å². The lowest BCUT2D eigenvalue weighted by Crippen LogP contribution is -2.36. The molecule has 1 aromatic carbocycles. The highest BCUT2D eigenvalue weighted by atomic mass is 19.1. The van der Waals surface area contributed by atoms with Gasteiger partial charge in [0.15, 0.2) is 0 Å². The van der Waals surface area contributed by atoms with Crippen LogP contribution in [-0.2, 0) is 11.2 Å². The second-order valence-corrected chi connectivity index (χ2v) is 7.71. The number of anilines is 1. The van der Waals surface area contributed by atoms with E-state index in [1.165, 1.54) is 6.07 Å². The Morgan fingerprint density at radius 1 is 1.17 bits per heavy atom. The van der Waals surface area contributed by atoms with Gasteiger partial charge in [0.1, 0.15) is 11.6 Å². The molecule has 0 atom stereocenters. The maximum absolute atomic E-state index is 14.3. The SMILES string of the molecule is CCc1ccnc(N2CCC(COC3=C(c4ccccc4F)CCC=C3)CC2)n1. The van der Waals surface area contributed by atoms with Crippen LogP contribution in [0.1, 0.15) is 43.9 Å². The first-order chi connectivity index (χ1) is 14.2. The molecule has 0 unspecified atom stereocenters. The van der Waals surface area contributed by atoms with E-state index in [-0.39, 0.29) is 5.82 Å². The molecule has 0 bridgehead atoms. The predicted molar refractivity (Wildman–Crippen MR) is 114 cm³/mol. The lowest BCUT2D eigenvalue weighted by molar-refractivity contribution is 0.158. The molecule has 0 amide bonds. The molecule has 1 saturated heterocycles. The van der Waals surface area contributed by atoms with Gasteiger partial charge in [-0.15, -0.1) is 0 Å². The third-order valence-corrected chi connectivity index (χ3v) is 5.76. The average molecular weight is 394 g/mol. The highest BCUT2D eigenvalue weighted by Crippen LogP contribution is 2.31. The zero-order valence-electron chi connectivity index (χ0n) is 17.0. The highest BCUT2D eigenvalue weighted by Gasteiger charge is 2.23. The Labute approximate surface area is 172 Å². The number of piperidine rings is 1. The number of nitrogens with zero attached hydrogens (tertiary/aromatic N) is 3. The molecule has 1 aromatic heterocycles. The van der Waals surface area contributed by atoms with Crippen LogP contribution < -0.4 is 4.90 Å². The van der Waals surface area contributed by atoms with Gasteiger partial charge in [-0.1, -0.05) is 31.2 Å². The lowest BCUT2D eigenvalue weighted by Gasteiger charge is -2.32. The zero-order chi connectivity index (χ0) is 20.1. The standard InChI is InChI=1S/C24H28FN3O/c1-2-19-11-14-26-24(27-19)28-15-12-18(13-16-28)17-29-23-10-6-4-8-21(23)20-7-3-5-9-22(20)25/h3,5-7,9-11,14,18H,2,4,8,12-13,15-17H2,1H3. The Balaban J connectivity index is 1.37. The molecule has 1 fully saturated rings. The number of aryl methyl sites for hydroxylation is 1. The smallest absolute Gasteiger partial charge is 0.225 e. The van der Waals surface area contributed by atoms with E-state index in [1.54, 1.807) is 6.07 Å². The maximum atomic E-state index is 14.3. The summed E-state index contributed by atoms with van der Waals surface area (Å²) in [7, 11) is 0. The van der Waals surface area contributed by atoms with Gasteiger partial charge in [0.25, 0.3) is 0 Å². The van der Waals surface area contributed by atoms with Crippen LogP contribution in [0.15, 0.2) is 54.4 Å². The van der Waals surface area contributed by atoms with Crippen molar-refractivity contribution in [3.05, 3.63) is 71.5 Å². The van der Waals surface area contributed by atoms with Crippen molar-refractivity contribution in [2.24, 2.45) is 5.92 Å². The molecule has 29 heavy (non-hydrogen) atoms. The normalized spacial score (nSPS) is 17.7. The summed E-state index contributed by atoms with van der Waals surface area (Å²) in [6, 6.07) is 8.95. The van der Waals surface area contributed by atoms with Gasteiger partial charge in [-0.25, -0.2) is 14.4 Å². The third kappa shape index (κ3) is 4.66. The Hall–Kier alpha value is -2.69. The van der Waals surface area contributed by atoms with Gasteiger partial charge in [0.2, 0.25) is 5.95 Å². The predicted octanol–water partition coefficient (Wildman–Crippen LogP) is 5.17. The summed E-state index contributed by atoms with van der Waals surface area (Å²) in [4.78, 5) is 11.3. The molecule has 0 N–H and O–H groups in total. The number of aromatic nitrogens is 2. The summed E-state index contributed by atoms with van der Waals surface area (Å²) in [5, 5.41) is 0. The van der Waals surface area contributed by atoms with E-state index in [2.05, 4.69) is 27.9 Å². The van der Waals surface area contributed by atoms with Crippen molar-refractivity contribution in [1.29, 1.82) is 0 Å². The molecule has 1 aliphatic heterocycles. The number of benzene rings is 1.